The van der Waals surface area contributed by atoms with Crippen molar-refractivity contribution in [3.63, 3.8) is 0 Å². The number of rotatable bonds is 7. The van der Waals surface area contributed by atoms with E-state index < -0.39 is 0 Å². The highest BCUT2D eigenvalue weighted by Gasteiger charge is 2.05. The lowest BCUT2D eigenvalue weighted by atomic mass is 10.1. The van der Waals surface area contributed by atoms with Gasteiger partial charge in [-0.15, -0.1) is 0 Å². The molecule has 0 aliphatic rings. The number of pyridine rings is 1. The molecule has 0 fully saturated rings. The Bertz CT molecular complexity index is 581. The Hall–Kier alpha value is -1.87. The Balaban J connectivity index is 2.21. The number of hydrogen-bond acceptors (Lipinski definition) is 3. The van der Waals surface area contributed by atoms with Crippen molar-refractivity contribution in [2.24, 2.45) is 0 Å². The zero-order valence-electron chi connectivity index (χ0n) is 13.1. The van der Waals surface area contributed by atoms with Gasteiger partial charge in [-0.25, -0.2) is 4.98 Å². The molecule has 1 heterocycles. The molecule has 3 heteroatoms. The lowest BCUT2D eigenvalue weighted by molar-refractivity contribution is 0.459. The molecule has 0 atom stereocenters. The second kappa shape index (κ2) is 7.79. The van der Waals surface area contributed by atoms with Crippen molar-refractivity contribution < 1.29 is 4.74 Å². The predicted molar refractivity (Wildman–Crippen MR) is 86.9 cm³/mol. The van der Waals surface area contributed by atoms with Gasteiger partial charge in [0.1, 0.15) is 5.75 Å². The molecule has 2 rings (SSSR count). The quantitative estimate of drug-likeness (QED) is 0.831. The van der Waals surface area contributed by atoms with Gasteiger partial charge in [-0.05, 0) is 48.7 Å². The largest absolute Gasteiger partial charge is 0.439 e. The first-order valence-corrected chi connectivity index (χ1v) is 7.72. The van der Waals surface area contributed by atoms with Crippen LogP contribution in [0.15, 0.2) is 36.4 Å². The maximum atomic E-state index is 5.95. The SMILES string of the molecule is CCNCc1cc(CC)nc(Oc2cccc(CC)c2)c1. The Morgan fingerprint density at radius 3 is 2.57 bits per heavy atom. The van der Waals surface area contributed by atoms with E-state index in [0.29, 0.717) is 5.88 Å². The molecule has 1 aromatic heterocycles. The van der Waals surface area contributed by atoms with Gasteiger partial charge in [0.2, 0.25) is 5.88 Å². The molecular weight excluding hydrogens is 260 g/mol. The number of benzene rings is 1. The standard InChI is InChI=1S/C18H24N2O/c1-4-14-8-7-9-17(11-14)21-18-12-15(13-19-6-3)10-16(5-2)20-18/h7-12,19H,4-6,13H2,1-3H3. The normalized spacial score (nSPS) is 10.6. The summed E-state index contributed by atoms with van der Waals surface area (Å²) in [5.41, 5.74) is 3.55. The van der Waals surface area contributed by atoms with Crippen LogP contribution in [0.4, 0.5) is 0 Å². The van der Waals surface area contributed by atoms with Crippen LogP contribution in [0.25, 0.3) is 0 Å². The third-order valence-corrected chi connectivity index (χ3v) is 3.39. The second-order valence-electron chi connectivity index (χ2n) is 5.04. The van der Waals surface area contributed by atoms with Crippen molar-refractivity contribution in [3.8, 4) is 11.6 Å². The summed E-state index contributed by atoms with van der Waals surface area (Å²) in [5.74, 6) is 1.53. The monoisotopic (exact) mass is 284 g/mol. The topological polar surface area (TPSA) is 34.2 Å². The zero-order valence-corrected chi connectivity index (χ0v) is 13.1. The summed E-state index contributed by atoms with van der Waals surface area (Å²) in [7, 11) is 0. The van der Waals surface area contributed by atoms with E-state index in [-0.39, 0.29) is 0 Å². The van der Waals surface area contributed by atoms with Gasteiger partial charge in [0.05, 0.1) is 0 Å². The molecule has 21 heavy (non-hydrogen) atoms. The summed E-state index contributed by atoms with van der Waals surface area (Å²) in [6.07, 6.45) is 1.91. The number of nitrogens with zero attached hydrogens (tertiary/aromatic N) is 1. The molecular formula is C18H24N2O. The van der Waals surface area contributed by atoms with E-state index in [1.54, 1.807) is 0 Å². The van der Waals surface area contributed by atoms with Crippen LogP contribution < -0.4 is 10.1 Å². The number of aryl methyl sites for hydroxylation is 2. The van der Waals surface area contributed by atoms with Crippen LogP contribution in [0.5, 0.6) is 11.6 Å². The van der Waals surface area contributed by atoms with E-state index >= 15 is 0 Å². The summed E-state index contributed by atoms with van der Waals surface area (Å²) >= 11 is 0. The van der Waals surface area contributed by atoms with Crippen molar-refractivity contribution in [1.82, 2.24) is 10.3 Å². The van der Waals surface area contributed by atoms with Crippen molar-refractivity contribution >= 4 is 0 Å². The Morgan fingerprint density at radius 2 is 1.86 bits per heavy atom. The van der Waals surface area contributed by atoms with Gasteiger partial charge in [-0.3, -0.25) is 0 Å². The van der Waals surface area contributed by atoms with Gasteiger partial charge in [-0.2, -0.15) is 0 Å². The molecule has 3 nitrogen and oxygen atoms in total. The van der Waals surface area contributed by atoms with Crippen molar-refractivity contribution in [3.05, 3.63) is 53.2 Å². The average Bonchev–Trinajstić information content (AvgIpc) is 2.52. The lowest BCUT2D eigenvalue weighted by Crippen LogP contribution is -2.12. The number of nitrogens with one attached hydrogen (secondary N) is 1. The molecule has 0 amide bonds. The molecule has 0 bridgehead atoms. The minimum atomic E-state index is 0.676. The fourth-order valence-corrected chi connectivity index (χ4v) is 2.17. The Kier molecular flexibility index (Phi) is 5.76. The molecule has 0 saturated heterocycles. The fraction of sp³-hybridized carbons (Fsp3) is 0.389. The summed E-state index contributed by atoms with van der Waals surface area (Å²) in [6.45, 7) is 8.16. The number of aromatic nitrogens is 1. The summed E-state index contributed by atoms with van der Waals surface area (Å²) in [5, 5.41) is 3.34. The highest BCUT2D eigenvalue weighted by Crippen LogP contribution is 2.22. The molecule has 1 aromatic carbocycles. The third-order valence-electron chi connectivity index (χ3n) is 3.39. The number of hydrogen-bond donors (Lipinski definition) is 1. The minimum Gasteiger partial charge on any atom is -0.439 e. The van der Waals surface area contributed by atoms with E-state index in [4.69, 9.17) is 4.74 Å². The summed E-state index contributed by atoms with van der Waals surface area (Å²) < 4.78 is 5.95. The molecule has 0 aliphatic heterocycles. The van der Waals surface area contributed by atoms with Crippen molar-refractivity contribution in [2.45, 2.75) is 40.2 Å². The van der Waals surface area contributed by atoms with Gasteiger partial charge >= 0.3 is 0 Å². The van der Waals surface area contributed by atoms with Crippen LogP contribution in [0.3, 0.4) is 0 Å². The molecule has 1 N–H and O–H groups in total. The van der Waals surface area contributed by atoms with Gasteiger partial charge in [-0.1, -0.05) is 32.9 Å². The predicted octanol–water partition coefficient (Wildman–Crippen LogP) is 4.11. The first-order valence-electron chi connectivity index (χ1n) is 7.72. The molecule has 0 saturated carbocycles. The van der Waals surface area contributed by atoms with Crippen LogP contribution in [-0.4, -0.2) is 11.5 Å². The highest BCUT2D eigenvalue weighted by atomic mass is 16.5. The Labute approximate surface area is 127 Å². The van der Waals surface area contributed by atoms with Crippen LogP contribution in [-0.2, 0) is 19.4 Å². The second-order valence-corrected chi connectivity index (χ2v) is 5.04. The molecule has 2 aromatic rings. The van der Waals surface area contributed by atoms with Crippen LogP contribution in [0.1, 0.15) is 37.6 Å². The Morgan fingerprint density at radius 1 is 1.00 bits per heavy atom. The molecule has 0 radical (unpaired) electrons. The first-order chi connectivity index (χ1) is 10.2. The van der Waals surface area contributed by atoms with E-state index in [2.05, 4.69) is 49.3 Å². The van der Waals surface area contributed by atoms with E-state index in [1.807, 2.05) is 18.2 Å². The molecule has 112 valence electrons. The van der Waals surface area contributed by atoms with E-state index in [1.165, 1.54) is 11.1 Å². The molecule has 0 aliphatic carbocycles. The summed E-state index contributed by atoms with van der Waals surface area (Å²) in [4.78, 5) is 4.56. The smallest absolute Gasteiger partial charge is 0.219 e. The van der Waals surface area contributed by atoms with Crippen molar-refractivity contribution in [2.75, 3.05) is 6.54 Å². The van der Waals surface area contributed by atoms with Gasteiger partial charge < -0.3 is 10.1 Å². The highest BCUT2D eigenvalue weighted by molar-refractivity contribution is 5.33. The van der Waals surface area contributed by atoms with Gasteiger partial charge in [0.25, 0.3) is 0 Å². The molecule has 0 spiro atoms. The maximum absolute atomic E-state index is 5.95. The van der Waals surface area contributed by atoms with E-state index in [0.717, 1.165) is 37.4 Å². The van der Waals surface area contributed by atoms with Crippen molar-refractivity contribution in [1.29, 1.82) is 0 Å². The van der Waals surface area contributed by atoms with Crippen LogP contribution in [0, 0.1) is 0 Å². The van der Waals surface area contributed by atoms with E-state index in [9.17, 15) is 0 Å². The lowest BCUT2D eigenvalue weighted by Gasteiger charge is -2.10. The van der Waals surface area contributed by atoms with Crippen LogP contribution >= 0.6 is 0 Å². The number of ether oxygens (including phenoxy) is 1. The maximum Gasteiger partial charge on any atom is 0.219 e. The third kappa shape index (κ3) is 4.57. The van der Waals surface area contributed by atoms with Gasteiger partial charge in [0, 0.05) is 18.3 Å². The van der Waals surface area contributed by atoms with Crippen LogP contribution in [0.2, 0.25) is 0 Å². The average molecular weight is 284 g/mol. The molecule has 0 unspecified atom stereocenters. The minimum absolute atomic E-state index is 0.676. The first kappa shape index (κ1) is 15.5. The fourth-order valence-electron chi connectivity index (χ4n) is 2.17. The van der Waals surface area contributed by atoms with Gasteiger partial charge in [0.15, 0.2) is 0 Å². The summed E-state index contributed by atoms with van der Waals surface area (Å²) in [6, 6.07) is 12.3. The zero-order chi connectivity index (χ0) is 15.1.